The molecule has 1 saturated carbocycles. The number of hydrogen-bond donors (Lipinski definition) is 2. The van der Waals surface area contributed by atoms with Crippen LogP contribution < -0.4 is 5.73 Å². The van der Waals surface area contributed by atoms with Crippen LogP contribution in [0.25, 0.3) is 0 Å². The van der Waals surface area contributed by atoms with Gasteiger partial charge in [-0.15, -0.1) is 0 Å². The Bertz CT molecular complexity index is 176. The van der Waals surface area contributed by atoms with Crippen molar-refractivity contribution in [3.05, 3.63) is 0 Å². The van der Waals surface area contributed by atoms with E-state index >= 15 is 0 Å². The minimum absolute atomic E-state index is 0.0913. The lowest BCUT2D eigenvalue weighted by Crippen LogP contribution is -2.32. The molecule has 0 aromatic rings. The summed E-state index contributed by atoms with van der Waals surface area (Å²) in [6, 6.07) is 0.0913. The van der Waals surface area contributed by atoms with Crippen LogP contribution in [0.15, 0.2) is 0 Å². The molecular formula is C10H19NO2. The zero-order valence-corrected chi connectivity index (χ0v) is 8.20. The lowest BCUT2D eigenvalue weighted by atomic mass is 9.91. The Hall–Kier alpha value is -0.570. The summed E-state index contributed by atoms with van der Waals surface area (Å²) >= 11 is 0. The number of hydrogen-bond acceptors (Lipinski definition) is 2. The van der Waals surface area contributed by atoms with E-state index in [4.69, 9.17) is 10.8 Å². The maximum absolute atomic E-state index is 10.6. The molecule has 0 aromatic carbocycles. The Morgan fingerprint density at radius 3 is 2.54 bits per heavy atom. The normalized spacial score (nSPS) is 22.9. The standard InChI is InChI=1S/C10H19NO2/c1-7(10(12)13)6-9(11)8-4-2-3-5-8/h7-9H,2-6,11H2,1H3,(H,12,13). The molecular weight excluding hydrogens is 166 g/mol. The quantitative estimate of drug-likeness (QED) is 0.699. The van der Waals surface area contributed by atoms with E-state index in [0.29, 0.717) is 12.3 Å². The highest BCUT2D eigenvalue weighted by atomic mass is 16.4. The molecule has 0 amide bonds. The highest BCUT2D eigenvalue weighted by Gasteiger charge is 2.25. The monoisotopic (exact) mass is 185 g/mol. The maximum Gasteiger partial charge on any atom is 0.306 e. The van der Waals surface area contributed by atoms with Crippen LogP contribution in [0.5, 0.6) is 0 Å². The van der Waals surface area contributed by atoms with Crippen LogP contribution in [0.2, 0.25) is 0 Å². The second kappa shape index (κ2) is 4.61. The van der Waals surface area contributed by atoms with Crippen molar-refractivity contribution in [2.24, 2.45) is 17.6 Å². The molecule has 0 radical (unpaired) electrons. The molecule has 2 unspecified atom stereocenters. The van der Waals surface area contributed by atoms with Gasteiger partial charge in [-0.3, -0.25) is 4.79 Å². The molecule has 76 valence electrons. The van der Waals surface area contributed by atoms with Crippen molar-refractivity contribution in [2.45, 2.75) is 45.1 Å². The first kappa shape index (κ1) is 10.5. The van der Waals surface area contributed by atoms with Crippen molar-refractivity contribution in [2.75, 3.05) is 0 Å². The lowest BCUT2D eigenvalue weighted by Gasteiger charge is -2.20. The molecule has 0 aliphatic heterocycles. The second-order valence-corrected chi connectivity index (χ2v) is 4.18. The van der Waals surface area contributed by atoms with E-state index in [-0.39, 0.29) is 12.0 Å². The molecule has 0 heterocycles. The maximum atomic E-state index is 10.6. The van der Waals surface area contributed by atoms with E-state index in [2.05, 4.69) is 0 Å². The summed E-state index contributed by atoms with van der Waals surface area (Å²) in [5.41, 5.74) is 5.95. The first-order chi connectivity index (χ1) is 6.11. The third-order valence-corrected chi connectivity index (χ3v) is 3.05. The minimum Gasteiger partial charge on any atom is -0.481 e. The summed E-state index contributed by atoms with van der Waals surface area (Å²) in [7, 11) is 0. The molecule has 1 rings (SSSR count). The zero-order valence-electron chi connectivity index (χ0n) is 8.20. The predicted molar refractivity (Wildman–Crippen MR) is 51.4 cm³/mol. The number of aliphatic carboxylic acids is 1. The van der Waals surface area contributed by atoms with Crippen LogP contribution in [-0.2, 0) is 4.79 Å². The molecule has 3 nitrogen and oxygen atoms in total. The van der Waals surface area contributed by atoms with Gasteiger partial charge in [-0.1, -0.05) is 19.8 Å². The molecule has 13 heavy (non-hydrogen) atoms. The molecule has 3 N–H and O–H groups in total. The van der Waals surface area contributed by atoms with E-state index in [1.807, 2.05) is 0 Å². The van der Waals surface area contributed by atoms with Gasteiger partial charge in [0.2, 0.25) is 0 Å². The predicted octanol–water partition coefficient (Wildman–Crippen LogP) is 1.61. The van der Waals surface area contributed by atoms with Crippen molar-refractivity contribution in [1.29, 1.82) is 0 Å². The number of carboxylic acid groups (broad SMARTS) is 1. The summed E-state index contributed by atoms with van der Waals surface area (Å²) in [6.07, 6.45) is 5.53. The van der Waals surface area contributed by atoms with Crippen LogP contribution in [0, 0.1) is 11.8 Å². The largest absolute Gasteiger partial charge is 0.481 e. The Balaban J connectivity index is 2.30. The summed E-state index contributed by atoms with van der Waals surface area (Å²) < 4.78 is 0. The first-order valence-electron chi connectivity index (χ1n) is 5.09. The molecule has 1 aliphatic rings. The Kier molecular flexibility index (Phi) is 3.72. The Morgan fingerprint density at radius 1 is 1.54 bits per heavy atom. The van der Waals surface area contributed by atoms with Crippen LogP contribution >= 0.6 is 0 Å². The van der Waals surface area contributed by atoms with Gasteiger partial charge in [-0.2, -0.15) is 0 Å². The fraction of sp³-hybridized carbons (Fsp3) is 0.900. The van der Waals surface area contributed by atoms with Crippen molar-refractivity contribution >= 4 is 5.97 Å². The molecule has 1 aliphatic carbocycles. The summed E-state index contributed by atoms with van der Waals surface area (Å²) in [6.45, 7) is 1.73. The van der Waals surface area contributed by atoms with E-state index in [9.17, 15) is 4.79 Å². The topological polar surface area (TPSA) is 63.3 Å². The third kappa shape index (κ3) is 2.99. The van der Waals surface area contributed by atoms with E-state index < -0.39 is 5.97 Å². The van der Waals surface area contributed by atoms with Gasteiger partial charge in [0, 0.05) is 6.04 Å². The molecule has 0 bridgehead atoms. The van der Waals surface area contributed by atoms with E-state index in [1.165, 1.54) is 25.7 Å². The van der Waals surface area contributed by atoms with Crippen molar-refractivity contribution in [3.63, 3.8) is 0 Å². The number of carbonyl (C=O) groups is 1. The van der Waals surface area contributed by atoms with Gasteiger partial charge in [0.1, 0.15) is 0 Å². The fourth-order valence-electron chi connectivity index (χ4n) is 2.09. The third-order valence-electron chi connectivity index (χ3n) is 3.05. The molecule has 1 fully saturated rings. The molecule has 0 spiro atoms. The molecule has 0 aromatic heterocycles. The Labute approximate surface area is 79.3 Å². The second-order valence-electron chi connectivity index (χ2n) is 4.18. The zero-order chi connectivity index (χ0) is 9.84. The van der Waals surface area contributed by atoms with Gasteiger partial charge >= 0.3 is 5.97 Å². The van der Waals surface area contributed by atoms with Gasteiger partial charge < -0.3 is 10.8 Å². The average Bonchev–Trinajstić information content (AvgIpc) is 2.55. The smallest absolute Gasteiger partial charge is 0.306 e. The van der Waals surface area contributed by atoms with Crippen LogP contribution in [0.4, 0.5) is 0 Å². The van der Waals surface area contributed by atoms with E-state index in [0.717, 1.165) is 0 Å². The highest BCUT2D eigenvalue weighted by Crippen LogP contribution is 2.29. The van der Waals surface area contributed by atoms with Crippen molar-refractivity contribution in [3.8, 4) is 0 Å². The van der Waals surface area contributed by atoms with Crippen LogP contribution in [0.1, 0.15) is 39.0 Å². The minimum atomic E-state index is -0.728. The fourth-order valence-corrected chi connectivity index (χ4v) is 2.09. The van der Waals surface area contributed by atoms with Gasteiger partial charge in [-0.25, -0.2) is 0 Å². The highest BCUT2D eigenvalue weighted by molar-refractivity contribution is 5.69. The number of nitrogens with two attached hydrogens (primary N) is 1. The SMILES string of the molecule is CC(CC(N)C1CCCC1)C(=O)O. The summed E-state index contributed by atoms with van der Waals surface area (Å²) in [5.74, 6) is -0.453. The van der Waals surface area contributed by atoms with Crippen molar-refractivity contribution < 1.29 is 9.90 Å². The van der Waals surface area contributed by atoms with E-state index in [1.54, 1.807) is 6.92 Å². The van der Waals surface area contributed by atoms with Gasteiger partial charge in [0.15, 0.2) is 0 Å². The summed E-state index contributed by atoms with van der Waals surface area (Å²) in [5, 5.41) is 8.72. The molecule has 2 atom stereocenters. The van der Waals surface area contributed by atoms with Gasteiger partial charge in [0.25, 0.3) is 0 Å². The number of rotatable bonds is 4. The molecule has 3 heteroatoms. The summed E-state index contributed by atoms with van der Waals surface area (Å²) in [4.78, 5) is 10.6. The van der Waals surface area contributed by atoms with Crippen LogP contribution in [-0.4, -0.2) is 17.1 Å². The lowest BCUT2D eigenvalue weighted by molar-refractivity contribution is -0.141. The van der Waals surface area contributed by atoms with Crippen LogP contribution in [0.3, 0.4) is 0 Å². The van der Waals surface area contributed by atoms with Gasteiger partial charge in [-0.05, 0) is 25.2 Å². The van der Waals surface area contributed by atoms with Crippen molar-refractivity contribution in [1.82, 2.24) is 0 Å². The number of carboxylic acids is 1. The average molecular weight is 185 g/mol. The van der Waals surface area contributed by atoms with Gasteiger partial charge in [0.05, 0.1) is 5.92 Å². The first-order valence-corrected chi connectivity index (χ1v) is 5.09. The Morgan fingerprint density at radius 2 is 2.08 bits per heavy atom. The molecule has 0 saturated heterocycles.